The zero-order chi connectivity index (χ0) is 24.1. The Hall–Kier alpha value is -3.50. The monoisotopic (exact) mass is 474 g/mol. The molecule has 7 nitrogen and oxygen atoms in total. The van der Waals surface area contributed by atoms with Crippen molar-refractivity contribution < 1.29 is 32.2 Å². The highest BCUT2D eigenvalue weighted by Crippen LogP contribution is 2.16. The number of carbonyl (C=O) groups excluding carboxylic acids is 1. The largest absolute Gasteiger partial charge is 0.463 e. The third-order valence-corrected chi connectivity index (χ3v) is 5.14. The summed E-state index contributed by atoms with van der Waals surface area (Å²) in [6.07, 6.45) is 1.11. The van der Waals surface area contributed by atoms with Gasteiger partial charge in [-0.25, -0.2) is 17.9 Å². The number of hydrogen-bond acceptors (Lipinski definition) is 6. The lowest BCUT2D eigenvalue weighted by Gasteiger charge is -2.22. The number of ether oxygens (including phenoxy) is 3. The molecule has 34 heavy (non-hydrogen) atoms. The highest BCUT2D eigenvalue weighted by atomic mass is 19.2. The second-order valence-corrected chi connectivity index (χ2v) is 7.72. The molecule has 4 rings (SSSR count). The molecule has 1 aromatic heterocycles. The van der Waals surface area contributed by atoms with E-state index in [-0.39, 0.29) is 42.4 Å². The van der Waals surface area contributed by atoms with Crippen LogP contribution in [0.5, 0.6) is 0 Å². The van der Waals surface area contributed by atoms with Crippen molar-refractivity contribution in [1.29, 1.82) is 0 Å². The number of hydrogen-bond donors (Lipinski definition) is 0. The molecule has 0 spiro atoms. The van der Waals surface area contributed by atoms with Crippen LogP contribution in [0.3, 0.4) is 0 Å². The molecule has 1 unspecified atom stereocenters. The molecule has 2 aromatic carbocycles. The van der Waals surface area contributed by atoms with E-state index < -0.39 is 23.4 Å². The van der Waals surface area contributed by atoms with Crippen molar-refractivity contribution in [2.45, 2.75) is 18.9 Å². The summed E-state index contributed by atoms with van der Waals surface area (Å²) in [4.78, 5) is 24.5. The highest BCUT2D eigenvalue weighted by molar-refractivity contribution is 5.72. The second-order valence-electron chi connectivity index (χ2n) is 7.72. The number of esters is 1. The van der Waals surface area contributed by atoms with E-state index in [0.717, 1.165) is 16.8 Å². The standard InChI is InChI=1S/C24H21F3N2O5/c25-19-11-17(12-20(26)24(19)27)29-5-4-22(30)21(28-29)9-15-2-1-3-16(8-15)10-23(31)34-14-18-13-32-6-7-33-18/h1-5,8,11-12,18H,6-7,9-10,13-14H2. The van der Waals surface area contributed by atoms with E-state index in [1.165, 1.54) is 12.3 Å². The lowest BCUT2D eigenvalue weighted by atomic mass is 10.0. The van der Waals surface area contributed by atoms with Gasteiger partial charge in [-0.1, -0.05) is 24.3 Å². The van der Waals surface area contributed by atoms with Crippen LogP contribution in [0.4, 0.5) is 13.2 Å². The van der Waals surface area contributed by atoms with Crippen LogP contribution in [0, 0.1) is 17.5 Å². The smallest absolute Gasteiger partial charge is 0.310 e. The first-order valence-corrected chi connectivity index (χ1v) is 10.6. The molecule has 0 bridgehead atoms. The Labute approximate surface area is 192 Å². The Bertz CT molecular complexity index is 1220. The van der Waals surface area contributed by atoms with Crippen molar-refractivity contribution in [3.8, 4) is 5.69 Å². The first kappa shape index (κ1) is 23.7. The van der Waals surface area contributed by atoms with E-state index in [1.54, 1.807) is 24.3 Å². The fourth-order valence-electron chi connectivity index (χ4n) is 3.47. The minimum Gasteiger partial charge on any atom is -0.463 e. The van der Waals surface area contributed by atoms with E-state index in [2.05, 4.69) is 5.10 Å². The molecule has 1 aliphatic rings. The van der Waals surface area contributed by atoms with Crippen molar-refractivity contribution in [3.63, 3.8) is 0 Å². The summed E-state index contributed by atoms with van der Waals surface area (Å²) in [7, 11) is 0. The first-order chi connectivity index (χ1) is 16.4. The van der Waals surface area contributed by atoms with E-state index in [4.69, 9.17) is 14.2 Å². The van der Waals surface area contributed by atoms with Crippen LogP contribution < -0.4 is 5.43 Å². The predicted octanol–water partition coefficient (Wildman–Crippen LogP) is 2.74. The lowest BCUT2D eigenvalue weighted by molar-refractivity contribution is -0.155. The van der Waals surface area contributed by atoms with Crippen molar-refractivity contribution in [3.05, 3.63) is 93.2 Å². The molecular formula is C24H21F3N2O5. The Morgan fingerprint density at radius 2 is 1.85 bits per heavy atom. The van der Waals surface area contributed by atoms with E-state index in [1.807, 2.05) is 0 Å². The average Bonchev–Trinajstić information content (AvgIpc) is 2.83. The predicted molar refractivity (Wildman–Crippen MR) is 114 cm³/mol. The van der Waals surface area contributed by atoms with Crippen LogP contribution in [0.15, 0.2) is 53.5 Å². The van der Waals surface area contributed by atoms with E-state index in [9.17, 15) is 22.8 Å². The van der Waals surface area contributed by atoms with Gasteiger partial charge in [0.2, 0.25) is 5.43 Å². The van der Waals surface area contributed by atoms with Crippen LogP contribution >= 0.6 is 0 Å². The Morgan fingerprint density at radius 1 is 1.09 bits per heavy atom. The number of halogens is 3. The van der Waals surface area contributed by atoms with Gasteiger partial charge in [0.15, 0.2) is 17.5 Å². The molecule has 0 aliphatic carbocycles. The number of aromatic nitrogens is 2. The number of rotatable bonds is 7. The maximum atomic E-state index is 13.6. The molecule has 1 atom stereocenters. The quantitative estimate of drug-likeness (QED) is 0.387. The van der Waals surface area contributed by atoms with Gasteiger partial charge in [-0.2, -0.15) is 5.10 Å². The zero-order valence-corrected chi connectivity index (χ0v) is 18.0. The van der Waals surface area contributed by atoms with Gasteiger partial charge in [-0.05, 0) is 11.1 Å². The summed E-state index contributed by atoms with van der Waals surface area (Å²) in [6, 6.07) is 9.79. The summed E-state index contributed by atoms with van der Waals surface area (Å²) in [5.41, 5.74) is 1.05. The van der Waals surface area contributed by atoms with Gasteiger partial charge in [-0.15, -0.1) is 0 Å². The molecule has 178 valence electrons. The molecule has 1 fully saturated rings. The number of nitrogens with zero attached hydrogens (tertiary/aromatic N) is 2. The van der Waals surface area contributed by atoms with Gasteiger partial charge in [0, 0.05) is 30.8 Å². The Kier molecular flexibility index (Phi) is 7.39. The Balaban J connectivity index is 1.45. The van der Waals surface area contributed by atoms with Gasteiger partial charge in [0.25, 0.3) is 0 Å². The highest BCUT2D eigenvalue weighted by Gasteiger charge is 2.17. The summed E-state index contributed by atoms with van der Waals surface area (Å²) in [6.45, 7) is 1.47. The van der Waals surface area contributed by atoms with Crippen LogP contribution in [0.25, 0.3) is 5.69 Å². The fourth-order valence-corrected chi connectivity index (χ4v) is 3.47. The molecule has 1 aliphatic heterocycles. The maximum Gasteiger partial charge on any atom is 0.310 e. The van der Waals surface area contributed by atoms with Gasteiger partial charge < -0.3 is 14.2 Å². The molecule has 10 heteroatoms. The minimum atomic E-state index is -1.58. The molecule has 0 saturated carbocycles. The summed E-state index contributed by atoms with van der Waals surface area (Å²) in [5, 5.41) is 4.15. The maximum absolute atomic E-state index is 13.6. The van der Waals surface area contributed by atoms with Crippen LogP contribution in [-0.2, 0) is 31.8 Å². The third-order valence-electron chi connectivity index (χ3n) is 5.14. The van der Waals surface area contributed by atoms with Gasteiger partial charge in [0.05, 0.1) is 31.9 Å². The summed E-state index contributed by atoms with van der Waals surface area (Å²) in [5.74, 6) is -4.73. The summed E-state index contributed by atoms with van der Waals surface area (Å²) >= 11 is 0. The lowest BCUT2D eigenvalue weighted by Crippen LogP contribution is -2.33. The van der Waals surface area contributed by atoms with E-state index in [0.29, 0.717) is 30.9 Å². The van der Waals surface area contributed by atoms with Gasteiger partial charge in [-0.3, -0.25) is 9.59 Å². The second kappa shape index (κ2) is 10.6. The molecular weight excluding hydrogens is 453 g/mol. The molecule has 0 amide bonds. The number of benzene rings is 2. The van der Waals surface area contributed by atoms with Crippen LogP contribution in [0.2, 0.25) is 0 Å². The van der Waals surface area contributed by atoms with Crippen molar-refractivity contribution in [1.82, 2.24) is 9.78 Å². The third kappa shape index (κ3) is 5.89. The number of carbonyl (C=O) groups is 1. The first-order valence-electron chi connectivity index (χ1n) is 10.6. The van der Waals surface area contributed by atoms with Gasteiger partial charge in [0.1, 0.15) is 18.4 Å². The Morgan fingerprint density at radius 3 is 2.59 bits per heavy atom. The molecule has 2 heterocycles. The topological polar surface area (TPSA) is 79.7 Å². The molecule has 1 saturated heterocycles. The SMILES string of the molecule is O=C(Cc1cccc(Cc2nn(-c3cc(F)c(F)c(F)c3)ccc2=O)c1)OCC1COCCO1. The average molecular weight is 474 g/mol. The molecule has 0 radical (unpaired) electrons. The van der Waals surface area contributed by atoms with Crippen molar-refractivity contribution in [2.24, 2.45) is 0 Å². The van der Waals surface area contributed by atoms with E-state index >= 15 is 0 Å². The fraction of sp³-hybridized carbons (Fsp3) is 0.292. The molecule has 0 N–H and O–H groups in total. The normalized spacial score (nSPS) is 15.8. The minimum absolute atomic E-state index is 0.0298. The van der Waals surface area contributed by atoms with Gasteiger partial charge >= 0.3 is 5.97 Å². The molecule has 3 aromatic rings. The van der Waals surface area contributed by atoms with Crippen LogP contribution in [-0.4, -0.2) is 48.3 Å². The van der Waals surface area contributed by atoms with Crippen LogP contribution in [0.1, 0.15) is 16.8 Å². The van der Waals surface area contributed by atoms with Crippen molar-refractivity contribution >= 4 is 5.97 Å². The summed E-state index contributed by atoms with van der Waals surface area (Å²) < 4.78 is 57.5. The zero-order valence-electron chi connectivity index (χ0n) is 18.0. The van der Waals surface area contributed by atoms with Crippen molar-refractivity contribution in [2.75, 3.05) is 26.4 Å².